The van der Waals surface area contributed by atoms with Gasteiger partial charge in [0.15, 0.2) is 0 Å². The van der Waals surface area contributed by atoms with E-state index < -0.39 is 0 Å². The summed E-state index contributed by atoms with van der Waals surface area (Å²) < 4.78 is 1.83. The number of nitrogens with one attached hydrogen (secondary N) is 1. The Morgan fingerprint density at radius 2 is 1.82 bits per heavy atom. The van der Waals surface area contributed by atoms with Crippen molar-refractivity contribution in [3.8, 4) is 0 Å². The van der Waals surface area contributed by atoms with Crippen LogP contribution >= 0.6 is 38.5 Å². The molecule has 0 aromatic heterocycles. The zero-order chi connectivity index (χ0) is 12.3. The van der Waals surface area contributed by atoms with Crippen LogP contribution < -0.4 is 5.32 Å². The summed E-state index contributed by atoms with van der Waals surface area (Å²) in [5, 5.41) is 2.86. The Kier molecular flexibility index (Phi) is 4.17. The molecule has 2 nitrogen and oxygen atoms in total. The van der Waals surface area contributed by atoms with Crippen molar-refractivity contribution in [3.05, 3.63) is 62.1 Å². The summed E-state index contributed by atoms with van der Waals surface area (Å²) in [4.78, 5) is 12.1. The van der Waals surface area contributed by atoms with Crippen molar-refractivity contribution in [1.82, 2.24) is 0 Å². The highest BCUT2D eigenvalue weighted by atomic mass is 127. The van der Waals surface area contributed by atoms with E-state index in [9.17, 15) is 4.79 Å². The van der Waals surface area contributed by atoms with Gasteiger partial charge in [-0.2, -0.15) is 0 Å². The fourth-order valence-corrected chi connectivity index (χ4v) is 2.33. The third kappa shape index (κ3) is 3.29. The molecule has 0 fully saturated rings. The third-order valence-corrected chi connectivity index (χ3v) is 3.64. The van der Waals surface area contributed by atoms with Gasteiger partial charge in [0.2, 0.25) is 0 Å². The molecule has 0 aliphatic heterocycles. The van der Waals surface area contributed by atoms with Crippen molar-refractivity contribution in [3.63, 3.8) is 0 Å². The minimum Gasteiger partial charge on any atom is -0.322 e. The number of anilines is 1. The average molecular weight is 402 g/mol. The largest absolute Gasteiger partial charge is 0.322 e. The van der Waals surface area contributed by atoms with Gasteiger partial charge in [0.25, 0.3) is 5.91 Å². The van der Waals surface area contributed by atoms with Crippen molar-refractivity contribution in [2.24, 2.45) is 0 Å². The van der Waals surface area contributed by atoms with E-state index in [0.717, 1.165) is 13.7 Å². The summed E-state index contributed by atoms with van der Waals surface area (Å²) in [6.07, 6.45) is 0. The van der Waals surface area contributed by atoms with E-state index in [4.69, 9.17) is 0 Å². The second-order valence-electron chi connectivity index (χ2n) is 3.44. The zero-order valence-corrected chi connectivity index (χ0v) is 12.5. The van der Waals surface area contributed by atoms with Gasteiger partial charge in [-0.3, -0.25) is 4.79 Å². The lowest BCUT2D eigenvalue weighted by molar-refractivity contribution is 0.102. The lowest BCUT2D eigenvalue weighted by Crippen LogP contribution is -2.13. The molecule has 86 valence electrons. The SMILES string of the molecule is O=C(Nc1ccccc1)c1cc(Br)ccc1I. The maximum atomic E-state index is 12.1. The van der Waals surface area contributed by atoms with Gasteiger partial charge in [0.05, 0.1) is 5.56 Å². The molecular formula is C13H9BrINO. The molecule has 17 heavy (non-hydrogen) atoms. The van der Waals surface area contributed by atoms with Crippen LogP contribution in [-0.4, -0.2) is 5.91 Å². The quantitative estimate of drug-likeness (QED) is 0.746. The lowest BCUT2D eigenvalue weighted by atomic mass is 10.2. The van der Waals surface area contributed by atoms with E-state index in [0.29, 0.717) is 5.56 Å². The molecule has 1 N–H and O–H groups in total. The predicted molar refractivity (Wildman–Crippen MR) is 81.3 cm³/mol. The Bertz CT molecular complexity index is 542. The molecule has 2 rings (SSSR count). The van der Waals surface area contributed by atoms with Crippen molar-refractivity contribution in [1.29, 1.82) is 0 Å². The number of hydrogen-bond donors (Lipinski definition) is 1. The van der Waals surface area contributed by atoms with Crippen molar-refractivity contribution >= 4 is 50.1 Å². The first-order valence-electron chi connectivity index (χ1n) is 4.98. The Labute approximate surface area is 122 Å². The average Bonchev–Trinajstić information content (AvgIpc) is 2.33. The van der Waals surface area contributed by atoms with Crippen LogP contribution in [0.3, 0.4) is 0 Å². The van der Waals surface area contributed by atoms with E-state index in [1.54, 1.807) is 0 Å². The van der Waals surface area contributed by atoms with Crippen LogP contribution in [0.2, 0.25) is 0 Å². The summed E-state index contributed by atoms with van der Waals surface area (Å²) in [5.41, 5.74) is 1.47. The fourth-order valence-electron chi connectivity index (χ4n) is 1.39. The second-order valence-corrected chi connectivity index (χ2v) is 5.52. The summed E-state index contributed by atoms with van der Waals surface area (Å²) in [6, 6.07) is 15.1. The van der Waals surface area contributed by atoms with E-state index in [1.807, 2.05) is 48.5 Å². The van der Waals surface area contributed by atoms with E-state index in [-0.39, 0.29) is 5.91 Å². The highest BCUT2D eigenvalue weighted by Gasteiger charge is 2.10. The minimum atomic E-state index is -0.0955. The number of para-hydroxylation sites is 1. The molecule has 0 saturated carbocycles. The number of benzene rings is 2. The molecule has 0 aliphatic rings. The second kappa shape index (κ2) is 5.64. The van der Waals surface area contributed by atoms with Crippen LogP contribution in [0.15, 0.2) is 53.0 Å². The molecular weight excluding hydrogens is 393 g/mol. The fraction of sp³-hybridized carbons (Fsp3) is 0. The molecule has 2 aromatic rings. The standard InChI is InChI=1S/C13H9BrINO/c14-9-6-7-12(15)11(8-9)13(17)16-10-4-2-1-3-5-10/h1-8H,(H,16,17). The maximum Gasteiger partial charge on any atom is 0.256 e. The molecule has 0 saturated heterocycles. The van der Waals surface area contributed by atoms with Crippen molar-refractivity contribution in [2.75, 3.05) is 5.32 Å². The third-order valence-electron chi connectivity index (χ3n) is 2.20. The van der Waals surface area contributed by atoms with Gasteiger partial charge in [-0.05, 0) is 52.9 Å². The highest BCUT2D eigenvalue weighted by Crippen LogP contribution is 2.19. The summed E-state index contributed by atoms with van der Waals surface area (Å²) >= 11 is 5.52. The first-order valence-corrected chi connectivity index (χ1v) is 6.85. The number of carbonyl (C=O) groups excluding carboxylic acids is 1. The van der Waals surface area contributed by atoms with E-state index >= 15 is 0 Å². The molecule has 1 amide bonds. The van der Waals surface area contributed by atoms with Crippen LogP contribution in [0, 0.1) is 3.57 Å². The molecule has 0 aliphatic carbocycles. The van der Waals surface area contributed by atoms with Gasteiger partial charge in [-0.15, -0.1) is 0 Å². The molecule has 0 atom stereocenters. The first-order chi connectivity index (χ1) is 8.16. The van der Waals surface area contributed by atoms with Gasteiger partial charge >= 0.3 is 0 Å². The van der Waals surface area contributed by atoms with E-state index in [2.05, 4.69) is 43.8 Å². The number of carbonyl (C=O) groups is 1. The minimum absolute atomic E-state index is 0.0955. The van der Waals surface area contributed by atoms with Gasteiger partial charge < -0.3 is 5.32 Å². The molecule has 0 bridgehead atoms. The predicted octanol–water partition coefficient (Wildman–Crippen LogP) is 4.31. The molecule has 2 aromatic carbocycles. The molecule has 4 heteroatoms. The molecule has 0 spiro atoms. The van der Waals surface area contributed by atoms with Crippen molar-refractivity contribution < 1.29 is 4.79 Å². The Morgan fingerprint density at radius 3 is 2.53 bits per heavy atom. The van der Waals surface area contributed by atoms with Gasteiger partial charge in [-0.1, -0.05) is 34.1 Å². The summed E-state index contributed by atoms with van der Waals surface area (Å²) in [7, 11) is 0. The van der Waals surface area contributed by atoms with Crippen LogP contribution in [0.1, 0.15) is 10.4 Å². The van der Waals surface area contributed by atoms with Gasteiger partial charge in [-0.25, -0.2) is 0 Å². The normalized spacial score (nSPS) is 10.0. The zero-order valence-electron chi connectivity index (χ0n) is 8.78. The Balaban J connectivity index is 2.23. The lowest BCUT2D eigenvalue weighted by Gasteiger charge is -2.07. The van der Waals surface area contributed by atoms with Crippen LogP contribution in [0.4, 0.5) is 5.69 Å². The molecule has 0 heterocycles. The number of halogens is 2. The number of amides is 1. The van der Waals surface area contributed by atoms with Crippen LogP contribution in [0.25, 0.3) is 0 Å². The summed E-state index contributed by atoms with van der Waals surface area (Å²) in [5.74, 6) is -0.0955. The highest BCUT2D eigenvalue weighted by molar-refractivity contribution is 14.1. The Morgan fingerprint density at radius 1 is 1.12 bits per heavy atom. The molecule has 0 radical (unpaired) electrons. The number of hydrogen-bond acceptors (Lipinski definition) is 1. The molecule has 0 unspecified atom stereocenters. The smallest absolute Gasteiger partial charge is 0.256 e. The first kappa shape index (κ1) is 12.6. The van der Waals surface area contributed by atoms with Gasteiger partial charge in [0.1, 0.15) is 0 Å². The van der Waals surface area contributed by atoms with Gasteiger partial charge in [0, 0.05) is 13.7 Å². The van der Waals surface area contributed by atoms with E-state index in [1.165, 1.54) is 0 Å². The Hall–Kier alpha value is -0.880. The number of rotatable bonds is 2. The van der Waals surface area contributed by atoms with Crippen LogP contribution in [0.5, 0.6) is 0 Å². The topological polar surface area (TPSA) is 29.1 Å². The maximum absolute atomic E-state index is 12.1. The summed E-state index contributed by atoms with van der Waals surface area (Å²) in [6.45, 7) is 0. The van der Waals surface area contributed by atoms with Crippen LogP contribution in [-0.2, 0) is 0 Å². The van der Waals surface area contributed by atoms with Crippen molar-refractivity contribution in [2.45, 2.75) is 0 Å². The monoisotopic (exact) mass is 401 g/mol.